The van der Waals surface area contributed by atoms with Crippen LogP contribution in [-0.2, 0) is 0 Å². The number of nitrogens with zero attached hydrogens (tertiary/aromatic N) is 1. The van der Waals surface area contributed by atoms with Gasteiger partial charge in [0, 0.05) is 6.20 Å². The number of pyridine rings is 1. The molecule has 0 spiro atoms. The quantitative estimate of drug-likeness (QED) is 0.695. The second kappa shape index (κ2) is 3.79. The van der Waals surface area contributed by atoms with Gasteiger partial charge in [-0.1, -0.05) is 11.6 Å². The third-order valence-electron chi connectivity index (χ3n) is 1.64. The maximum absolute atomic E-state index is 12.2. The zero-order chi connectivity index (χ0) is 10.0. The number of aromatic nitrogens is 1. The van der Waals surface area contributed by atoms with E-state index in [0.717, 1.165) is 6.20 Å². The molecule has 0 aliphatic heterocycles. The molecular weight excluding hydrogens is 200 g/mol. The van der Waals surface area contributed by atoms with E-state index >= 15 is 0 Å². The number of hydrogen-bond donors (Lipinski definition) is 0. The van der Waals surface area contributed by atoms with Crippen molar-refractivity contribution in [3.05, 3.63) is 28.0 Å². The van der Waals surface area contributed by atoms with Gasteiger partial charge in [0.2, 0.25) is 0 Å². The largest absolute Gasteiger partial charge is 0.298 e. The van der Waals surface area contributed by atoms with Gasteiger partial charge in [-0.05, 0) is 12.5 Å². The summed E-state index contributed by atoms with van der Waals surface area (Å²) < 4.78 is 24.5. The molecule has 70 valence electrons. The molecule has 0 N–H and O–H groups in total. The lowest BCUT2D eigenvalue weighted by Gasteiger charge is -2.06. The van der Waals surface area contributed by atoms with E-state index in [-0.39, 0.29) is 21.8 Å². The van der Waals surface area contributed by atoms with Gasteiger partial charge >= 0.3 is 0 Å². The van der Waals surface area contributed by atoms with Crippen LogP contribution in [0, 0.1) is 6.92 Å². The maximum atomic E-state index is 12.2. The highest BCUT2D eigenvalue weighted by Crippen LogP contribution is 2.27. The van der Waals surface area contributed by atoms with E-state index in [0.29, 0.717) is 6.29 Å². The first-order chi connectivity index (χ1) is 6.07. The van der Waals surface area contributed by atoms with Crippen LogP contribution in [0.4, 0.5) is 8.78 Å². The second-order valence-electron chi connectivity index (χ2n) is 2.46. The molecule has 0 radical (unpaired) electrons. The number of carbonyl (C=O) groups excluding carboxylic acids is 1. The highest BCUT2D eigenvalue weighted by atomic mass is 35.5. The SMILES string of the molecule is Cc1c(C(F)F)ncc(C=O)c1Cl. The molecule has 1 heterocycles. The number of rotatable bonds is 2. The van der Waals surface area contributed by atoms with Gasteiger partial charge in [0.25, 0.3) is 6.43 Å². The zero-order valence-corrected chi connectivity index (χ0v) is 7.48. The fourth-order valence-electron chi connectivity index (χ4n) is 0.924. The van der Waals surface area contributed by atoms with Crippen molar-refractivity contribution in [3.8, 4) is 0 Å². The fourth-order valence-corrected chi connectivity index (χ4v) is 1.11. The summed E-state index contributed by atoms with van der Waals surface area (Å²) in [6, 6.07) is 0. The molecule has 0 unspecified atom stereocenters. The average molecular weight is 206 g/mol. The van der Waals surface area contributed by atoms with Crippen molar-refractivity contribution in [2.45, 2.75) is 13.3 Å². The van der Waals surface area contributed by atoms with Crippen LogP contribution >= 0.6 is 11.6 Å². The van der Waals surface area contributed by atoms with Gasteiger partial charge in [-0.25, -0.2) is 8.78 Å². The molecule has 0 saturated carbocycles. The molecule has 1 aromatic heterocycles. The summed E-state index contributed by atoms with van der Waals surface area (Å²) >= 11 is 5.64. The zero-order valence-electron chi connectivity index (χ0n) is 6.72. The topological polar surface area (TPSA) is 30.0 Å². The lowest BCUT2D eigenvalue weighted by atomic mass is 10.1. The normalized spacial score (nSPS) is 10.5. The van der Waals surface area contributed by atoms with Gasteiger partial charge in [0.15, 0.2) is 6.29 Å². The van der Waals surface area contributed by atoms with E-state index in [4.69, 9.17) is 11.6 Å². The van der Waals surface area contributed by atoms with Gasteiger partial charge in [-0.3, -0.25) is 9.78 Å². The summed E-state index contributed by atoms with van der Waals surface area (Å²) in [5.41, 5.74) is -0.0968. The first-order valence-corrected chi connectivity index (χ1v) is 3.84. The minimum Gasteiger partial charge on any atom is -0.298 e. The molecule has 2 nitrogen and oxygen atoms in total. The van der Waals surface area contributed by atoms with E-state index < -0.39 is 6.43 Å². The van der Waals surface area contributed by atoms with Crippen molar-refractivity contribution in [1.29, 1.82) is 0 Å². The fraction of sp³-hybridized carbons (Fsp3) is 0.250. The van der Waals surface area contributed by atoms with Crippen molar-refractivity contribution in [2.75, 3.05) is 0 Å². The number of aldehydes is 1. The van der Waals surface area contributed by atoms with Gasteiger partial charge in [0.1, 0.15) is 5.69 Å². The maximum Gasteiger partial charge on any atom is 0.280 e. The highest BCUT2D eigenvalue weighted by molar-refractivity contribution is 6.33. The van der Waals surface area contributed by atoms with Crippen LogP contribution in [0.1, 0.15) is 28.0 Å². The molecule has 0 aliphatic rings. The van der Waals surface area contributed by atoms with Crippen LogP contribution in [0.3, 0.4) is 0 Å². The summed E-state index contributed by atoms with van der Waals surface area (Å²) in [7, 11) is 0. The summed E-state index contributed by atoms with van der Waals surface area (Å²) in [4.78, 5) is 13.8. The Labute approximate surface area is 78.5 Å². The first kappa shape index (κ1) is 10.1. The van der Waals surface area contributed by atoms with Crippen LogP contribution < -0.4 is 0 Å². The highest BCUT2D eigenvalue weighted by Gasteiger charge is 2.16. The monoisotopic (exact) mass is 205 g/mol. The van der Waals surface area contributed by atoms with E-state index in [1.807, 2.05) is 0 Å². The van der Waals surface area contributed by atoms with E-state index in [2.05, 4.69) is 4.98 Å². The van der Waals surface area contributed by atoms with Crippen LogP contribution in [0.5, 0.6) is 0 Å². The van der Waals surface area contributed by atoms with Crippen molar-refractivity contribution in [2.24, 2.45) is 0 Å². The molecule has 5 heteroatoms. The molecule has 0 bridgehead atoms. The first-order valence-electron chi connectivity index (χ1n) is 3.46. The Bertz CT molecular complexity index is 341. The average Bonchev–Trinajstić information content (AvgIpc) is 2.09. The molecule has 13 heavy (non-hydrogen) atoms. The van der Waals surface area contributed by atoms with Crippen LogP contribution in [0.15, 0.2) is 6.20 Å². The Morgan fingerprint density at radius 1 is 1.62 bits per heavy atom. The van der Waals surface area contributed by atoms with Gasteiger partial charge in [-0.2, -0.15) is 0 Å². The Balaban J connectivity index is 3.31. The van der Waals surface area contributed by atoms with Crippen LogP contribution in [0.25, 0.3) is 0 Å². The lowest BCUT2D eigenvalue weighted by Crippen LogP contribution is -1.98. The van der Waals surface area contributed by atoms with Gasteiger partial charge < -0.3 is 0 Å². The van der Waals surface area contributed by atoms with Gasteiger partial charge in [-0.15, -0.1) is 0 Å². The van der Waals surface area contributed by atoms with Crippen molar-refractivity contribution >= 4 is 17.9 Å². The van der Waals surface area contributed by atoms with Crippen LogP contribution in [-0.4, -0.2) is 11.3 Å². The molecule has 0 aromatic carbocycles. The summed E-state index contributed by atoms with van der Waals surface area (Å²) in [6.45, 7) is 1.41. The van der Waals surface area contributed by atoms with E-state index in [1.165, 1.54) is 6.92 Å². The minimum absolute atomic E-state index is 0.0419. The molecule has 0 atom stereocenters. The number of hydrogen-bond acceptors (Lipinski definition) is 2. The molecule has 0 saturated heterocycles. The smallest absolute Gasteiger partial charge is 0.280 e. The Morgan fingerprint density at radius 2 is 2.23 bits per heavy atom. The molecule has 0 fully saturated rings. The van der Waals surface area contributed by atoms with Crippen molar-refractivity contribution < 1.29 is 13.6 Å². The predicted octanol–water partition coefficient (Wildman–Crippen LogP) is 2.79. The van der Waals surface area contributed by atoms with E-state index in [9.17, 15) is 13.6 Å². The molecule has 1 aromatic rings. The number of halogens is 3. The summed E-state index contributed by atoms with van der Waals surface area (Å²) in [5, 5.41) is 0.0419. The predicted molar refractivity (Wildman–Crippen MR) is 44.3 cm³/mol. The molecule has 0 amide bonds. The molecule has 1 rings (SSSR count). The standard InChI is InChI=1S/C8H6ClF2NO/c1-4-6(9)5(3-13)2-12-7(4)8(10)11/h2-3,8H,1H3. The Kier molecular flexibility index (Phi) is 2.93. The Morgan fingerprint density at radius 3 is 2.69 bits per heavy atom. The lowest BCUT2D eigenvalue weighted by molar-refractivity contribution is 0.112. The van der Waals surface area contributed by atoms with Gasteiger partial charge in [0.05, 0.1) is 10.6 Å². The Hall–Kier alpha value is -1.03. The third kappa shape index (κ3) is 1.83. The minimum atomic E-state index is -2.67. The van der Waals surface area contributed by atoms with E-state index in [1.54, 1.807) is 0 Å². The number of alkyl halides is 2. The summed E-state index contributed by atoms with van der Waals surface area (Å²) in [5.74, 6) is 0. The molecular formula is C8H6ClF2NO. The second-order valence-corrected chi connectivity index (χ2v) is 2.83. The third-order valence-corrected chi connectivity index (χ3v) is 2.14. The number of carbonyl (C=O) groups is 1. The van der Waals surface area contributed by atoms with Crippen molar-refractivity contribution in [3.63, 3.8) is 0 Å². The summed E-state index contributed by atoms with van der Waals surface area (Å²) in [6.07, 6.45) is -1.14. The molecule has 0 aliphatic carbocycles. The van der Waals surface area contributed by atoms with Crippen molar-refractivity contribution in [1.82, 2.24) is 4.98 Å². The van der Waals surface area contributed by atoms with Crippen LogP contribution in [0.2, 0.25) is 5.02 Å².